The van der Waals surface area contributed by atoms with Crippen LogP contribution in [0.4, 0.5) is 17.6 Å². The number of hydrogen-bond donors (Lipinski definition) is 1. The minimum Gasteiger partial charge on any atom is -0.396 e. The number of rotatable bonds is 3. The van der Waals surface area contributed by atoms with Crippen LogP contribution in [0.25, 0.3) is 0 Å². The topological polar surface area (TPSA) is 20.2 Å². The first kappa shape index (κ1) is 13.4. The van der Waals surface area contributed by atoms with Crippen molar-refractivity contribution in [1.82, 2.24) is 0 Å². The smallest absolute Gasteiger partial charge is 0.396 e. The summed E-state index contributed by atoms with van der Waals surface area (Å²) in [6.45, 7) is -0.192. The van der Waals surface area contributed by atoms with E-state index in [-0.39, 0.29) is 29.5 Å². The molecule has 0 saturated heterocycles. The fourth-order valence-electron chi connectivity index (χ4n) is 1.30. The lowest BCUT2D eigenvalue weighted by Crippen LogP contribution is -2.10. The number of alkyl halides is 3. The summed E-state index contributed by atoms with van der Waals surface area (Å²) in [5, 5.41) is 8.58. The maximum Gasteiger partial charge on any atom is 0.419 e. The molecule has 0 aliphatic carbocycles. The molecular weight excluding hydrogens is 292 g/mol. The third kappa shape index (κ3) is 2.95. The normalized spacial score (nSPS) is 11.9. The second kappa shape index (κ2) is 5.14. The van der Waals surface area contributed by atoms with Crippen LogP contribution in [0, 0.1) is 5.82 Å². The number of benzene rings is 1. The van der Waals surface area contributed by atoms with E-state index in [1.165, 1.54) is 6.07 Å². The van der Waals surface area contributed by atoms with E-state index in [1.807, 2.05) is 0 Å². The van der Waals surface area contributed by atoms with Crippen LogP contribution in [-0.2, 0) is 12.6 Å². The fourth-order valence-corrected chi connectivity index (χ4v) is 1.81. The Morgan fingerprint density at radius 2 is 1.88 bits per heavy atom. The Morgan fingerprint density at radius 1 is 1.25 bits per heavy atom. The molecule has 16 heavy (non-hydrogen) atoms. The van der Waals surface area contributed by atoms with E-state index in [9.17, 15) is 17.6 Å². The van der Waals surface area contributed by atoms with Gasteiger partial charge >= 0.3 is 6.18 Å². The Morgan fingerprint density at radius 3 is 2.38 bits per heavy atom. The predicted octanol–water partition coefficient (Wildman–Crippen LogP) is 3.53. The zero-order valence-corrected chi connectivity index (χ0v) is 9.70. The van der Waals surface area contributed by atoms with E-state index in [2.05, 4.69) is 15.9 Å². The summed E-state index contributed by atoms with van der Waals surface area (Å²) in [6, 6.07) is 1.86. The van der Waals surface area contributed by atoms with Gasteiger partial charge in [0.15, 0.2) is 0 Å². The molecule has 1 nitrogen and oxygen atoms in total. The van der Waals surface area contributed by atoms with Gasteiger partial charge in [0.2, 0.25) is 0 Å². The lowest BCUT2D eigenvalue weighted by molar-refractivity contribution is -0.140. The van der Waals surface area contributed by atoms with E-state index in [0.29, 0.717) is 6.07 Å². The monoisotopic (exact) mass is 300 g/mol. The first-order valence-corrected chi connectivity index (χ1v) is 5.32. The molecule has 0 radical (unpaired) electrons. The molecule has 0 bridgehead atoms. The highest BCUT2D eigenvalue weighted by molar-refractivity contribution is 9.10. The summed E-state index contributed by atoms with van der Waals surface area (Å²) in [4.78, 5) is 0. The van der Waals surface area contributed by atoms with E-state index in [0.717, 1.165) is 0 Å². The fraction of sp³-hybridized carbons (Fsp3) is 0.400. The van der Waals surface area contributed by atoms with Crippen molar-refractivity contribution in [2.45, 2.75) is 19.0 Å². The number of aliphatic hydroxyl groups is 1. The molecule has 1 N–H and O–H groups in total. The van der Waals surface area contributed by atoms with E-state index >= 15 is 0 Å². The van der Waals surface area contributed by atoms with Crippen molar-refractivity contribution in [2.75, 3.05) is 6.61 Å². The molecule has 90 valence electrons. The molecule has 0 unspecified atom stereocenters. The molecule has 1 aromatic carbocycles. The highest BCUT2D eigenvalue weighted by Gasteiger charge is 2.35. The van der Waals surface area contributed by atoms with Crippen molar-refractivity contribution in [3.8, 4) is 0 Å². The third-order valence-electron chi connectivity index (χ3n) is 2.08. The Labute approximate surface area is 98.2 Å². The summed E-state index contributed by atoms with van der Waals surface area (Å²) in [5.41, 5.74) is -1.33. The molecule has 0 amide bonds. The second-order valence-corrected chi connectivity index (χ2v) is 4.07. The van der Waals surface area contributed by atoms with Crippen LogP contribution in [0.2, 0.25) is 0 Å². The van der Waals surface area contributed by atoms with Gasteiger partial charge in [0.25, 0.3) is 0 Å². The lowest BCUT2D eigenvalue weighted by Gasteiger charge is -2.12. The molecule has 0 fully saturated rings. The number of aliphatic hydroxyl groups excluding tert-OH is 1. The molecular formula is C10H9BrF4O. The molecule has 0 aliphatic rings. The third-order valence-corrected chi connectivity index (χ3v) is 2.82. The number of halogens is 5. The summed E-state index contributed by atoms with van der Waals surface area (Å²) >= 11 is 2.99. The Kier molecular flexibility index (Phi) is 4.32. The van der Waals surface area contributed by atoms with Gasteiger partial charge in [0.05, 0.1) is 5.56 Å². The quantitative estimate of drug-likeness (QED) is 0.847. The average Bonchev–Trinajstić information content (AvgIpc) is 2.15. The molecule has 0 aromatic heterocycles. The summed E-state index contributed by atoms with van der Waals surface area (Å²) < 4.78 is 50.9. The van der Waals surface area contributed by atoms with Gasteiger partial charge < -0.3 is 5.11 Å². The van der Waals surface area contributed by atoms with E-state index in [1.54, 1.807) is 0 Å². The number of hydrogen-bond acceptors (Lipinski definition) is 1. The minimum absolute atomic E-state index is 0.0520. The lowest BCUT2D eigenvalue weighted by atomic mass is 10.1. The highest BCUT2D eigenvalue weighted by atomic mass is 79.9. The molecule has 1 aromatic rings. The van der Waals surface area contributed by atoms with Crippen LogP contribution in [0.3, 0.4) is 0 Å². The van der Waals surface area contributed by atoms with Gasteiger partial charge in [-0.2, -0.15) is 13.2 Å². The minimum atomic E-state index is -4.70. The van der Waals surface area contributed by atoms with Crippen LogP contribution in [0.15, 0.2) is 16.6 Å². The zero-order valence-electron chi connectivity index (χ0n) is 8.11. The predicted molar refractivity (Wildman–Crippen MR) is 54.5 cm³/mol. The van der Waals surface area contributed by atoms with E-state index < -0.39 is 17.6 Å². The van der Waals surface area contributed by atoms with Crippen molar-refractivity contribution < 1.29 is 22.7 Å². The van der Waals surface area contributed by atoms with Crippen LogP contribution in [0.1, 0.15) is 17.5 Å². The largest absolute Gasteiger partial charge is 0.419 e. The summed E-state index contributed by atoms with van der Waals surface area (Å²) in [7, 11) is 0. The van der Waals surface area contributed by atoms with Gasteiger partial charge in [-0.25, -0.2) is 4.39 Å². The zero-order chi connectivity index (χ0) is 12.3. The summed E-state index contributed by atoms with van der Waals surface area (Å²) in [6.07, 6.45) is -4.41. The van der Waals surface area contributed by atoms with Crippen LogP contribution in [0.5, 0.6) is 0 Å². The van der Waals surface area contributed by atoms with Gasteiger partial charge in [0.1, 0.15) is 5.82 Å². The molecule has 0 spiro atoms. The van der Waals surface area contributed by atoms with Crippen molar-refractivity contribution in [2.24, 2.45) is 0 Å². The Balaban J connectivity index is 3.16. The van der Waals surface area contributed by atoms with Gasteiger partial charge in [-0.05, 0) is 25.0 Å². The maximum absolute atomic E-state index is 13.5. The van der Waals surface area contributed by atoms with Gasteiger partial charge in [-0.3, -0.25) is 0 Å². The SMILES string of the molecule is OCCCc1c(Br)ccc(C(F)(F)F)c1F. The molecule has 0 aliphatic heterocycles. The first-order chi connectivity index (χ1) is 7.38. The maximum atomic E-state index is 13.5. The van der Waals surface area contributed by atoms with Gasteiger partial charge in [-0.15, -0.1) is 0 Å². The van der Waals surface area contributed by atoms with Crippen LogP contribution < -0.4 is 0 Å². The Bertz CT molecular complexity index is 376. The van der Waals surface area contributed by atoms with Crippen molar-refractivity contribution in [3.63, 3.8) is 0 Å². The average molecular weight is 301 g/mol. The molecule has 0 saturated carbocycles. The first-order valence-electron chi connectivity index (χ1n) is 4.53. The van der Waals surface area contributed by atoms with Gasteiger partial charge in [0, 0.05) is 16.6 Å². The van der Waals surface area contributed by atoms with Crippen LogP contribution in [-0.4, -0.2) is 11.7 Å². The van der Waals surface area contributed by atoms with Crippen LogP contribution >= 0.6 is 15.9 Å². The highest BCUT2D eigenvalue weighted by Crippen LogP contribution is 2.35. The van der Waals surface area contributed by atoms with Crippen molar-refractivity contribution in [3.05, 3.63) is 33.5 Å². The molecule has 0 heterocycles. The Hall–Kier alpha value is -0.620. The second-order valence-electron chi connectivity index (χ2n) is 3.21. The summed E-state index contributed by atoms with van der Waals surface area (Å²) in [5.74, 6) is -1.27. The molecule has 0 atom stereocenters. The van der Waals surface area contributed by atoms with Crippen molar-refractivity contribution in [1.29, 1.82) is 0 Å². The van der Waals surface area contributed by atoms with Gasteiger partial charge in [-0.1, -0.05) is 15.9 Å². The van der Waals surface area contributed by atoms with Crippen molar-refractivity contribution >= 4 is 15.9 Å². The van der Waals surface area contributed by atoms with E-state index in [4.69, 9.17) is 5.11 Å². The standard InChI is InChI=1S/C10H9BrF4O/c11-8-4-3-7(10(13,14)15)9(12)6(8)2-1-5-16/h3-4,16H,1-2,5H2. The molecule has 1 rings (SSSR count). The molecule has 6 heteroatoms.